The van der Waals surface area contributed by atoms with E-state index in [1.807, 2.05) is 36.4 Å². The first kappa shape index (κ1) is 20.4. The molecule has 6 heteroatoms. The Hall–Kier alpha value is -2.89. The normalized spacial score (nSPS) is 10.2. The molecule has 2 aromatic rings. The third-order valence-corrected chi connectivity index (χ3v) is 4.42. The monoisotopic (exact) mass is 373 g/mol. The minimum Gasteiger partial charge on any atom is -0.493 e. The molecule has 0 heterocycles. The van der Waals surface area contributed by atoms with Crippen LogP contribution in [-0.2, 0) is 17.6 Å². The molecule has 0 bridgehead atoms. The summed E-state index contributed by atoms with van der Waals surface area (Å²) in [5.74, 6) is 2.78. The molecule has 0 aromatic heterocycles. The zero-order valence-electron chi connectivity index (χ0n) is 16.4. The van der Waals surface area contributed by atoms with Crippen LogP contribution in [0.25, 0.3) is 0 Å². The van der Waals surface area contributed by atoms with Crippen molar-refractivity contribution < 1.29 is 23.7 Å². The lowest BCUT2D eigenvalue weighted by Crippen LogP contribution is -2.27. The molecule has 2 rings (SSSR count). The minimum atomic E-state index is 0.631. The number of benzene rings is 2. The zero-order valence-corrected chi connectivity index (χ0v) is 16.4. The van der Waals surface area contributed by atoms with Crippen LogP contribution in [0.1, 0.15) is 11.1 Å². The quantitative estimate of drug-likeness (QED) is 0.567. The molecule has 2 aromatic carbocycles. The van der Waals surface area contributed by atoms with Crippen molar-refractivity contribution in [2.45, 2.75) is 12.8 Å². The second-order valence-electron chi connectivity index (χ2n) is 6.02. The lowest BCUT2D eigenvalue weighted by Gasteiger charge is -2.18. The van der Waals surface area contributed by atoms with Crippen molar-refractivity contribution >= 4 is 6.41 Å². The van der Waals surface area contributed by atoms with Crippen LogP contribution in [0.15, 0.2) is 36.4 Å². The van der Waals surface area contributed by atoms with Crippen LogP contribution in [0.5, 0.6) is 23.0 Å². The van der Waals surface area contributed by atoms with Crippen LogP contribution in [0.3, 0.4) is 0 Å². The van der Waals surface area contributed by atoms with Crippen molar-refractivity contribution in [2.24, 2.45) is 0 Å². The van der Waals surface area contributed by atoms with E-state index in [9.17, 15) is 4.79 Å². The number of ether oxygens (including phenoxy) is 4. The van der Waals surface area contributed by atoms with Crippen LogP contribution in [-0.4, -0.2) is 52.8 Å². The van der Waals surface area contributed by atoms with Crippen molar-refractivity contribution in [1.29, 1.82) is 0 Å². The second-order valence-corrected chi connectivity index (χ2v) is 6.02. The van der Waals surface area contributed by atoms with E-state index in [-0.39, 0.29) is 0 Å². The van der Waals surface area contributed by atoms with E-state index in [1.54, 1.807) is 33.3 Å². The molecule has 0 saturated heterocycles. The van der Waals surface area contributed by atoms with Gasteiger partial charge in [-0.1, -0.05) is 12.1 Å². The summed E-state index contributed by atoms with van der Waals surface area (Å²) in [4.78, 5) is 13.2. The largest absolute Gasteiger partial charge is 0.493 e. The molecule has 146 valence electrons. The SMILES string of the molecule is COc1ccc(CCN(C=O)CCc2ccc(OC)c(OC)c2)cc1OC. The van der Waals surface area contributed by atoms with E-state index in [4.69, 9.17) is 18.9 Å². The van der Waals surface area contributed by atoms with E-state index in [2.05, 4.69) is 0 Å². The Morgan fingerprint density at radius 1 is 0.704 bits per heavy atom. The Morgan fingerprint density at radius 3 is 1.44 bits per heavy atom. The predicted octanol–water partition coefficient (Wildman–Crippen LogP) is 2.96. The highest BCUT2D eigenvalue weighted by molar-refractivity contribution is 5.48. The zero-order chi connectivity index (χ0) is 19.6. The van der Waals surface area contributed by atoms with Gasteiger partial charge in [-0.05, 0) is 48.2 Å². The van der Waals surface area contributed by atoms with Crippen LogP contribution < -0.4 is 18.9 Å². The Bertz CT molecular complexity index is 688. The van der Waals surface area contributed by atoms with Gasteiger partial charge in [-0.25, -0.2) is 0 Å². The highest BCUT2D eigenvalue weighted by atomic mass is 16.5. The van der Waals surface area contributed by atoms with Crippen molar-refractivity contribution in [2.75, 3.05) is 41.5 Å². The summed E-state index contributed by atoms with van der Waals surface area (Å²) in [5, 5.41) is 0. The molecular weight excluding hydrogens is 346 g/mol. The Balaban J connectivity index is 1.93. The molecule has 0 aliphatic carbocycles. The van der Waals surface area contributed by atoms with Crippen LogP contribution in [0.2, 0.25) is 0 Å². The van der Waals surface area contributed by atoms with Crippen LogP contribution in [0.4, 0.5) is 0 Å². The molecule has 0 aliphatic rings. The van der Waals surface area contributed by atoms with Gasteiger partial charge in [0.2, 0.25) is 6.41 Å². The van der Waals surface area contributed by atoms with Crippen molar-refractivity contribution in [3.63, 3.8) is 0 Å². The van der Waals surface area contributed by atoms with E-state index >= 15 is 0 Å². The van der Waals surface area contributed by atoms with Gasteiger partial charge in [0.25, 0.3) is 0 Å². The number of amides is 1. The van der Waals surface area contributed by atoms with Gasteiger partial charge in [0.05, 0.1) is 28.4 Å². The van der Waals surface area contributed by atoms with E-state index in [0.29, 0.717) is 36.1 Å². The summed E-state index contributed by atoms with van der Waals surface area (Å²) >= 11 is 0. The fourth-order valence-electron chi connectivity index (χ4n) is 2.83. The summed E-state index contributed by atoms with van der Waals surface area (Å²) in [6.07, 6.45) is 2.37. The Labute approximate surface area is 160 Å². The van der Waals surface area contributed by atoms with Gasteiger partial charge in [0, 0.05) is 13.1 Å². The number of hydrogen-bond acceptors (Lipinski definition) is 5. The van der Waals surface area contributed by atoms with Gasteiger partial charge >= 0.3 is 0 Å². The average Bonchev–Trinajstić information content (AvgIpc) is 2.73. The van der Waals surface area contributed by atoms with Gasteiger partial charge < -0.3 is 23.8 Å². The average molecular weight is 373 g/mol. The van der Waals surface area contributed by atoms with E-state index < -0.39 is 0 Å². The number of carbonyl (C=O) groups excluding carboxylic acids is 1. The van der Waals surface area contributed by atoms with Gasteiger partial charge in [0.15, 0.2) is 23.0 Å². The number of methoxy groups -OCH3 is 4. The molecule has 27 heavy (non-hydrogen) atoms. The lowest BCUT2D eigenvalue weighted by atomic mass is 10.1. The standard InChI is InChI=1S/C21H27NO5/c1-24-18-7-5-16(13-20(18)26-3)9-11-22(15-23)12-10-17-6-8-19(25-2)21(14-17)27-4/h5-8,13-15H,9-12H2,1-4H3. The molecular formula is C21H27NO5. The molecule has 0 N–H and O–H groups in total. The third kappa shape index (κ3) is 5.54. The summed E-state index contributed by atoms with van der Waals surface area (Å²) in [6.45, 7) is 1.26. The first-order valence-electron chi connectivity index (χ1n) is 8.76. The van der Waals surface area contributed by atoms with Gasteiger partial charge in [-0.2, -0.15) is 0 Å². The number of nitrogens with zero attached hydrogens (tertiary/aromatic N) is 1. The maximum absolute atomic E-state index is 11.4. The van der Waals surface area contributed by atoms with Crippen molar-refractivity contribution in [3.05, 3.63) is 47.5 Å². The lowest BCUT2D eigenvalue weighted by molar-refractivity contribution is -0.118. The molecule has 0 radical (unpaired) electrons. The summed E-state index contributed by atoms with van der Waals surface area (Å²) in [6, 6.07) is 11.6. The van der Waals surface area contributed by atoms with Crippen molar-refractivity contribution in [3.8, 4) is 23.0 Å². The Morgan fingerprint density at radius 2 is 1.11 bits per heavy atom. The van der Waals surface area contributed by atoms with E-state index in [0.717, 1.165) is 30.4 Å². The number of hydrogen-bond donors (Lipinski definition) is 0. The summed E-state index contributed by atoms with van der Waals surface area (Å²) in [5.41, 5.74) is 2.18. The van der Waals surface area contributed by atoms with Gasteiger partial charge in [-0.15, -0.1) is 0 Å². The third-order valence-electron chi connectivity index (χ3n) is 4.42. The second kappa shape index (κ2) is 10.3. The molecule has 0 spiro atoms. The molecule has 0 fully saturated rings. The molecule has 0 aliphatic heterocycles. The topological polar surface area (TPSA) is 57.2 Å². The molecule has 1 amide bonds. The van der Waals surface area contributed by atoms with Crippen molar-refractivity contribution in [1.82, 2.24) is 4.90 Å². The van der Waals surface area contributed by atoms with Gasteiger partial charge in [0.1, 0.15) is 0 Å². The number of rotatable bonds is 11. The fraction of sp³-hybridized carbons (Fsp3) is 0.381. The summed E-state index contributed by atoms with van der Waals surface area (Å²) < 4.78 is 21.2. The molecule has 6 nitrogen and oxygen atoms in total. The highest BCUT2D eigenvalue weighted by Crippen LogP contribution is 2.28. The maximum atomic E-state index is 11.4. The molecule has 0 unspecified atom stereocenters. The maximum Gasteiger partial charge on any atom is 0.209 e. The highest BCUT2D eigenvalue weighted by Gasteiger charge is 2.09. The smallest absolute Gasteiger partial charge is 0.209 e. The Kier molecular flexibility index (Phi) is 7.79. The first-order valence-corrected chi connectivity index (χ1v) is 8.76. The fourth-order valence-corrected chi connectivity index (χ4v) is 2.83. The number of carbonyl (C=O) groups is 1. The molecule has 0 saturated carbocycles. The molecule has 0 atom stereocenters. The van der Waals surface area contributed by atoms with E-state index in [1.165, 1.54) is 0 Å². The van der Waals surface area contributed by atoms with Gasteiger partial charge in [-0.3, -0.25) is 4.79 Å². The summed E-state index contributed by atoms with van der Waals surface area (Å²) in [7, 11) is 6.45. The predicted molar refractivity (Wildman–Crippen MR) is 104 cm³/mol. The van der Waals surface area contributed by atoms with Crippen LogP contribution >= 0.6 is 0 Å². The minimum absolute atomic E-state index is 0.631. The van der Waals surface area contributed by atoms with Crippen LogP contribution in [0, 0.1) is 0 Å². The first-order chi connectivity index (χ1) is 13.1.